The molecular weight excluding hydrogens is 380 g/mol. The predicted molar refractivity (Wildman–Crippen MR) is 107 cm³/mol. The van der Waals surface area contributed by atoms with Crippen molar-refractivity contribution < 1.29 is 22.7 Å². The van der Waals surface area contributed by atoms with Crippen LogP contribution in [0.1, 0.15) is 40.9 Å². The minimum absolute atomic E-state index is 0.0130. The molecule has 28 heavy (non-hydrogen) atoms. The van der Waals surface area contributed by atoms with Crippen LogP contribution in [0.2, 0.25) is 0 Å². The summed E-state index contributed by atoms with van der Waals surface area (Å²) in [5, 5.41) is 7.88. The first-order chi connectivity index (χ1) is 13.0. The van der Waals surface area contributed by atoms with E-state index in [1.54, 1.807) is 26.0 Å². The molecule has 3 N–H and O–H groups in total. The minimum atomic E-state index is -3.99. The number of hydrogen-bond donors (Lipinski definition) is 2. The van der Waals surface area contributed by atoms with E-state index in [2.05, 4.69) is 5.32 Å². The van der Waals surface area contributed by atoms with Crippen molar-refractivity contribution in [2.45, 2.75) is 45.1 Å². The summed E-state index contributed by atoms with van der Waals surface area (Å²) in [5.74, 6) is -1.30. The second-order valence-corrected chi connectivity index (χ2v) is 8.08. The van der Waals surface area contributed by atoms with Gasteiger partial charge >= 0.3 is 5.97 Å². The van der Waals surface area contributed by atoms with Gasteiger partial charge in [-0.1, -0.05) is 19.1 Å². The van der Waals surface area contributed by atoms with Gasteiger partial charge < -0.3 is 10.1 Å². The van der Waals surface area contributed by atoms with Crippen molar-refractivity contribution >= 4 is 27.6 Å². The maximum Gasteiger partial charge on any atom is 0.338 e. The van der Waals surface area contributed by atoms with Gasteiger partial charge in [-0.05, 0) is 68.1 Å². The molecule has 1 atom stereocenters. The fourth-order valence-corrected chi connectivity index (χ4v) is 3.47. The fraction of sp³-hybridized carbons (Fsp3) is 0.300. The minimum Gasteiger partial charge on any atom is -0.449 e. The molecular formula is C20H24N2O5S. The number of ether oxygens (including phenoxy) is 1. The van der Waals surface area contributed by atoms with Crippen molar-refractivity contribution in [2.75, 3.05) is 5.32 Å². The molecule has 2 aromatic rings. The first-order valence-corrected chi connectivity index (χ1v) is 10.3. The molecule has 0 aliphatic carbocycles. The van der Waals surface area contributed by atoms with Gasteiger partial charge in [0.05, 0.1) is 10.5 Å². The molecule has 2 rings (SSSR count). The van der Waals surface area contributed by atoms with Crippen LogP contribution in [0.4, 0.5) is 5.69 Å². The molecule has 2 aromatic carbocycles. The Kier molecular flexibility index (Phi) is 6.58. The Morgan fingerprint density at radius 3 is 2.29 bits per heavy atom. The molecule has 8 heteroatoms. The lowest BCUT2D eigenvalue weighted by Crippen LogP contribution is -2.30. The highest BCUT2D eigenvalue weighted by atomic mass is 32.2. The van der Waals surface area contributed by atoms with E-state index in [1.165, 1.54) is 13.0 Å². The molecule has 0 bridgehead atoms. The Morgan fingerprint density at radius 1 is 1.14 bits per heavy atom. The quantitative estimate of drug-likeness (QED) is 0.718. The standard InChI is InChI=1S/C20H24N2O5S/c1-5-15-6-8-17(9-7-15)22-19(23)14(4)27-20(24)16-10-12(2)13(3)18(11-16)28(21,25)26/h6-11,14H,5H2,1-4H3,(H,22,23)(H2,21,25,26). The summed E-state index contributed by atoms with van der Waals surface area (Å²) in [4.78, 5) is 24.5. The number of carbonyl (C=O) groups is 2. The molecule has 0 saturated carbocycles. The molecule has 0 aromatic heterocycles. The van der Waals surface area contributed by atoms with Gasteiger partial charge in [0, 0.05) is 5.69 Å². The normalized spacial score (nSPS) is 12.3. The number of hydrogen-bond acceptors (Lipinski definition) is 5. The molecule has 0 fully saturated rings. The first-order valence-electron chi connectivity index (χ1n) is 8.77. The number of aryl methyl sites for hydroxylation is 2. The van der Waals surface area contributed by atoms with Crippen molar-refractivity contribution in [3.8, 4) is 0 Å². The molecule has 1 unspecified atom stereocenters. The van der Waals surface area contributed by atoms with Crippen LogP contribution >= 0.6 is 0 Å². The number of primary sulfonamides is 1. The fourth-order valence-electron chi connectivity index (χ4n) is 2.59. The Hall–Kier alpha value is -2.71. The van der Waals surface area contributed by atoms with Crippen LogP contribution in [0.3, 0.4) is 0 Å². The van der Waals surface area contributed by atoms with Gasteiger partial charge in [0.1, 0.15) is 0 Å². The molecule has 0 heterocycles. The number of sulfonamides is 1. The van der Waals surface area contributed by atoms with Crippen LogP contribution in [0.5, 0.6) is 0 Å². The SMILES string of the molecule is CCc1ccc(NC(=O)C(C)OC(=O)c2cc(C)c(C)c(S(N)(=O)=O)c2)cc1. The topological polar surface area (TPSA) is 116 Å². The van der Waals surface area contributed by atoms with E-state index in [9.17, 15) is 18.0 Å². The van der Waals surface area contributed by atoms with Crippen molar-refractivity contribution in [2.24, 2.45) is 5.14 Å². The Balaban J connectivity index is 2.13. The maximum absolute atomic E-state index is 12.4. The zero-order chi connectivity index (χ0) is 21.1. The lowest BCUT2D eigenvalue weighted by molar-refractivity contribution is -0.123. The molecule has 1 amide bonds. The number of nitrogens with two attached hydrogens (primary N) is 1. The third kappa shape index (κ3) is 5.17. The van der Waals surface area contributed by atoms with E-state index >= 15 is 0 Å². The van der Waals surface area contributed by atoms with Gasteiger partial charge in [-0.2, -0.15) is 0 Å². The third-order valence-corrected chi connectivity index (χ3v) is 5.48. The third-order valence-electron chi connectivity index (χ3n) is 4.44. The zero-order valence-corrected chi connectivity index (χ0v) is 17.1. The molecule has 0 spiro atoms. The second-order valence-electron chi connectivity index (χ2n) is 6.55. The summed E-state index contributed by atoms with van der Waals surface area (Å²) >= 11 is 0. The Bertz CT molecular complexity index is 998. The van der Waals surface area contributed by atoms with Gasteiger partial charge in [0.25, 0.3) is 5.91 Å². The van der Waals surface area contributed by atoms with Gasteiger partial charge in [-0.15, -0.1) is 0 Å². The van der Waals surface area contributed by atoms with Crippen LogP contribution in [0.15, 0.2) is 41.3 Å². The lowest BCUT2D eigenvalue weighted by Gasteiger charge is -2.15. The Labute approximate surface area is 164 Å². The largest absolute Gasteiger partial charge is 0.449 e. The predicted octanol–water partition coefficient (Wildman–Crippen LogP) is 2.70. The van der Waals surface area contributed by atoms with E-state index in [1.807, 2.05) is 19.1 Å². The van der Waals surface area contributed by atoms with Crippen LogP contribution < -0.4 is 10.5 Å². The second kappa shape index (κ2) is 8.53. The number of benzene rings is 2. The highest BCUT2D eigenvalue weighted by molar-refractivity contribution is 7.89. The average Bonchev–Trinajstić information content (AvgIpc) is 2.63. The van der Waals surface area contributed by atoms with E-state index in [-0.39, 0.29) is 10.5 Å². The molecule has 0 saturated heterocycles. The first kappa shape index (κ1) is 21.6. The molecule has 0 radical (unpaired) electrons. The van der Waals surface area contributed by atoms with Crippen molar-refractivity contribution in [1.29, 1.82) is 0 Å². The van der Waals surface area contributed by atoms with Crippen LogP contribution in [0, 0.1) is 13.8 Å². The summed E-state index contributed by atoms with van der Waals surface area (Å²) in [7, 11) is -3.99. The van der Waals surface area contributed by atoms with Gasteiger partial charge in [-0.3, -0.25) is 4.79 Å². The summed E-state index contributed by atoms with van der Waals surface area (Å²) in [6, 6.07) is 10.0. The summed E-state index contributed by atoms with van der Waals surface area (Å²) in [6.07, 6.45) is -0.184. The number of rotatable bonds is 6. The van der Waals surface area contributed by atoms with Crippen molar-refractivity contribution in [1.82, 2.24) is 0 Å². The molecule has 7 nitrogen and oxygen atoms in total. The van der Waals surface area contributed by atoms with Crippen LogP contribution in [-0.4, -0.2) is 26.4 Å². The lowest BCUT2D eigenvalue weighted by atomic mass is 10.1. The number of amides is 1. The summed E-state index contributed by atoms with van der Waals surface area (Å²) in [5.41, 5.74) is 2.77. The van der Waals surface area contributed by atoms with E-state index in [0.29, 0.717) is 16.8 Å². The summed E-state index contributed by atoms with van der Waals surface area (Å²) in [6.45, 7) is 6.74. The molecule has 150 valence electrons. The Morgan fingerprint density at radius 2 is 1.75 bits per heavy atom. The van der Waals surface area contributed by atoms with Crippen LogP contribution in [0.25, 0.3) is 0 Å². The van der Waals surface area contributed by atoms with E-state index in [4.69, 9.17) is 9.88 Å². The highest BCUT2D eigenvalue weighted by Crippen LogP contribution is 2.21. The maximum atomic E-state index is 12.4. The van der Waals surface area contributed by atoms with Crippen molar-refractivity contribution in [3.05, 3.63) is 58.7 Å². The van der Waals surface area contributed by atoms with Gasteiger partial charge in [0.2, 0.25) is 10.0 Å². The van der Waals surface area contributed by atoms with Crippen LogP contribution in [-0.2, 0) is 26.0 Å². The van der Waals surface area contributed by atoms with E-state index in [0.717, 1.165) is 18.1 Å². The average molecular weight is 404 g/mol. The molecule has 0 aliphatic heterocycles. The van der Waals surface area contributed by atoms with E-state index < -0.39 is 28.0 Å². The monoisotopic (exact) mass is 404 g/mol. The number of anilines is 1. The number of nitrogens with one attached hydrogen (secondary N) is 1. The number of carbonyl (C=O) groups excluding carboxylic acids is 2. The van der Waals surface area contributed by atoms with Gasteiger partial charge in [-0.25, -0.2) is 18.4 Å². The number of esters is 1. The molecule has 0 aliphatic rings. The van der Waals surface area contributed by atoms with Gasteiger partial charge in [0.15, 0.2) is 6.10 Å². The zero-order valence-electron chi connectivity index (χ0n) is 16.3. The van der Waals surface area contributed by atoms with Crippen molar-refractivity contribution in [3.63, 3.8) is 0 Å². The highest BCUT2D eigenvalue weighted by Gasteiger charge is 2.22. The smallest absolute Gasteiger partial charge is 0.338 e. The summed E-state index contributed by atoms with van der Waals surface area (Å²) < 4.78 is 28.6.